The molecule has 1 amide bonds. The number of halogens is 1. The fourth-order valence-electron chi connectivity index (χ4n) is 5.35. The van der Waals surface area contributed by atoms with Crippen LogP contribution < -0.4 is 5.32 Å². The van der Waals surface area contributed by atoms with E-state index < -0.39 is 0 Å². The van der Waals surface area contributed by atoms with Gasteiger partial charge in [0.25, 0.3) is 0 Å². The van der Waals surface area contributed by atoms with E-state index in [-0.39, 0.29) is 11.8 Å². The van der Waals surface area contributed by atoms with Gasteiger partial charge >= 0.3 is 0 Å². The van der Waals surface area contributed by atoms with Crippen LogP contribution in [0.1, 0.15) is 29.9 Å². The highest BCUT2D eigenvalue weighted by Crippen LogP contribution is 2.25. The van der Waals surface area contributed by atoms with Gasteiger partial charge in [0, 0.05) is 68.9 Å². The summed E-state index contributed by atoms with van der Waals surface area (Å²) in [6, 6.07) is 18.2. The van der Waals surface area contributed by atoms with E-state index in [1.165, 1.54) is 5.56 Å². The van der Waals surface area contributed by atoms with Crippen molar-refractivity contribution in [1.29, 1.82) is 0 Å². The number of carbonyl (C=O) groups is 1. The predicted octanol–water partition coefficient (Wildman–Crippen LogP) is 4.45. The van der Waals surface area contributed by atoms with Crippen LogP contribution in [0.15, 0.2) is 59.0 Å². The van der Waals surface area contributed by atoms with E-state index in [0.29, 0.717) is 10.9 Å². The fourth-order valence-corrected chi connectivity index (χ4v) is 5.48. The molecule has 38 heavy (non-hydrogen) atoms. The van der Waals surface area contributed by atoms with Crippen molar-refractivity contribution in [2.24, 2.45) is 5.92 Å². The van der Waals surface area contributed by atoms with Crippen LogP contribution in [0.25, 0.3) is 11.5 Å². The molecule has 0 spiro atoms. The van der Waals surface area contributed by atoms with Crippen LogP contribution in [0.3, 0.4) is 0 Å². The molecule has 7 nitrogen and oxygen atoms in total. The molecule has 0 unspecified atom stereocenters. The van der Waals surface area contributed by atoms with Crippen molar-refractivity contribution in [3.63, 3.8) is 0 Å². The lowest BCUT2D eigenvalue weighted by atomic mass is 9.96. The van der Waals surface area contributed by atoms with E-state index in [1.54, 1.807) is 0 Å². The first kappa shape index (κ1) is 26.9. The Kier molecular flexibility index (Phi) is 9.12. The van der Waals surface area contributed by atoms with E-state index in [2.05, 4.69) is 50.3 Å². The second kappa shape index (κ2) is 12.9. The Bertz CT molecular complexity index is 1170. The van der Waals surface area contributed by atoms with Crippen LogP contribution >= 0.6 is 11.6 Å². The van der Waals surface area contributed by atoms with Gasteiger partial charge in [0.15, 0.2) is 0 Å². The Morgan fingerprint density at radius 3 is 2.29 bits per heavy atom. The number of piperidine rings is 1. The van der Waals surface area contributed by atoms with Crippen molar-refractivity contribution < 1.29 is 9.21 Å². The number of amides is 1. The molecule has 3 heterocycles. The van der Waals surface area contributed by atoms with Gasteiger partial charge in [-0.2, -0.15) is 0 Å². The predicted molar refractivity (Wildman–Crippen MR) is 151 cm³/mol. The summed E-state index contributed by atoms with van der Waals surface area (Å²) in [7, 11) is 0. The molecule has 0 atom stereocenters. The number of nitrogens with zero attached hydrogens (tertiary/aromatic N) is 4. The summed E-state index contributed by atoms with van der Waals surface area (Å²) < 4.78 is 5.92. The van der Waals surface area contributed by atoms with Gasteiger partial charge in [-0.15, -0.1) is 0 Å². The first-order valence-electron chi connectivity index (χ1n) is 13.7. The summed E-state index contributed by atoms with van der Waals surface area (Å²) in [5.74, 6) is 1.77. The zero-order chi connectivity index (χ0) is 26.3. The smallest absolute Gasteiger partial charge is 0.226 e. The Morgan fingerprint density at radius 1 is 0.921 bits per heavy atom. The number of likely N-dealkylation sites (tertiary alicyclic amines) is 1. The number of benzene rings is 2. The molecule has 3 aromatic rings. The van der Waals surface area contributed by atoms with Crippen LogP contribution in [-0.4, -0.2) is 77.9 Å². The summed E-state index contributed by atoms with van der Waals surface area (Å²) in [5, 5.41) is 3.90. The summed E-state index contributed by atoms with van der Waals surface area (Å²) in [6.45, 7) is 11.4. The van der Waals surface area contributed by atoms with E-state index >= 15 is 0 Å². The van der Waals surface area contributed by atoms with Crippen molar-refractivity contribution in [2.75, 3.05) is 52.4 Å². The summed E-state index contributed by atoms with van der Waals surface area (Å²) in [6.07, 6.45) is 1.76. The van der Waals surface area contributed by atoms with E-state index in [4.69, 9.17) is 21.0 Å². The summed E-state index contributed by atoms with van der Waals surface area (Å²) in [4.78, 5) is 24.9. The molecule has 0 bridgehead atoms. The molecule has 1 aromatic heterocycles. The van der Waals surface area contributed by atoms with Crippen molar-refractivity contribution in [3.8, 4) is 11.5 Å². The molecule has 8 heteroatoms. The minimum Gasteiger partial charge on any atom is -0.441 e. The van der Waals surface area contributed by atoms with E-state index in [0.717, 1.165) is 95.3 Å². The monoisotopic (exact) mass is 535 g/mol. The third-order valence-corrected chi connectivity index (χ3v) is 8.01. The zero-order valence-electron chi connectivity index (χ0n) is 22.2. The number of carbonyl (C=O) groups excluding carboxylic acids is 1. The SMILES string of the molecule is Cc1oc(-c2ccc(Cl)cc2)nc1CN1CCC(C(=O)NCCN2CCN(Cc3ccccc3)CC2)CC1. The van der Waals surface area contributed by atoms with Gasteiger partial charge in [0.1, 0.15) is 5.76 Å². The highest BCUT2D eigenvalue weighted by Gasteiger charge is 2.26. The third kappa shape index (κ3) is 7.23. The number of hydrogen-bond donors (Lipinski definition) is 1. The molecular formula is C30H38ClN5O2. The van der Waals surface area contributed by atoms with Crippen LogP contribution in [-0.2, 0) is 17.9 Å². The number of rotatable bonds is 9. The number of hydrogen-bond acceptors (Lipinski definition) is 6. The number of oxazole rings is 1. The van der Waals surface area contributed by atoms with Crippen LogP contribution in [0.4, 0.5) is 0 Å². The average Bonchev–Trinajstić information content (AvgIpc) is 3.30. The molecule has 0 radical (unpaired) electrons. The molecule has 2 aromatic carbocycles. The summed E-state index contributed by atoms with van der Waals surface area (Å²) in [5.41, 5.74) is 3.26. The molecular weight excluding hydrogens is 498 g/mol. The van der Waals surface area contributed by atoms with Gasteiger partial charge in [0.2, 0.25) is 11.8 Å². The molecule has 2 saturated heterocycles. The minimum absolute atomic E-state index is 0.0944. The van der Waals surface area contributed by atoms with Gasteiger partial charge < -0.3 is 9.73 Å². The first-order valence-corrected chi connectivity index (χ1v) is 14.1. The van der Waals surface area contributed by atoms with E-state index in [1.807, 2.05) is 31.2 Å². The van der Waals surface area contributed by atoms with Crippen LogP contribution in [0.2, 0.25) is 5.02 Å². The summed E-state index contributed by atoms with van der Waals surface area (Å²) >= 11 is 6.00. The topological polar surface area (TPSA) is 64.9 Å². The van der Waals surface area contributed by atoms with Crippen LogP contribution in [0, 0.1) is 12.8 Å². The lowest BCUT2D eigenvalue weighted by molar-refractivity contribution is -0.126. The Hall–Kier alpha value is -2.71. The van der Waals surface area contributed by atoms with E-state index in [9.17, 15) is 4.79 Å². The number of nitrogens with one attached hydrogen (secondary N) is 1. The second-order valence-corrected chi connectivity index (χ2v) is 10.9. The molecule has 202 valence electrons. The third-order valence-electron chi connectivity index (χ3n) is 7.76. The van der Waals surface area contributed by atoms with Crippen molar-refractivity contribution >= 4 is 17.5 Å². The Labute approximate surface area is 230 Å². The van der Waals surface area contributed by atoms with Crippen molar-refractivity contribution in [2.45, 2.75) is 32.9 Å². The number of aromatic nitrogens is 1. The highest BCUT2D eigenvalue weighted by atomic mass is 35.5. The fraction of sp³-hybridized carbons (Fsp3) is 0.467. The van der Waals surface area contributed by atoms with Gasteiger partial charge in [-0.05, 0) is 62.7 Å². The maximum Gasteiger partial charge on any atom is 0.226 e. The molecule has 0 saturated carbocycles. The Morgan fingerprint density at radius 2 is 1.58 bits per heavy atom. The van der Waals surface area contributed by atoms with Crippen molar-refractivity contribution in [1.82, 2.24) is 25.0 Å². The van der Waals surface area contributed by atoms with Gasteiger partial charge in [0.05, 0.1) is 5.69 Å². The number of piperazine rings is 1. The second-order valence-electron chi connectivity index (χ2n) is 10.5. The molecule has 2 aliphatic rings. The molecule has 1 N–H and O–H groups in total. The highest BCUT2D eigenvalue weighted by molar-refractivity contribution is 6.30. The normalized spacial score (nSPS) is 18.1. The van der Waals surface area contributed by atoms with Gasteiger partial charge in [-0.3, -0.25) is 19.5 Å². The molecule has 2 aliphatic heterocycles. The maximum absolute atomic E-state index is 12.8. The lowest BCUT2D eigenvalue weighted by Crippen LogP contribution is -2.48. The first-order chi connectivity index (χ1) is 18.5. The van der Waals surface area contributed by atoms with Gasteiger partial charge in [-0.25, -0.2) is 4.98 Å². The van der Waals surface area contributed by atoms with Gasteiger partial charge in [-0.1, -0.05) is 41.9 Å². The zero-order valence-corrected chi connectivity index (χ0v) is 23.0. The Balaban J connectivity index is 0.991. The largest absolute Gasteiger partial charge is 0.441 e. The number of aryl methyl sites for hydroxylation is 1. The average molecular weight is 536 g/mol. The molecule has 5 rings (SSSR count). The maximum atomic E-state index is 12.8. The van der Waals surface area contributed by atoms with Crippen molar-refractivity contribution in [3.05, 3.63) is 76.6 Å². The molecule has 0 aliphatic carbocycles. The standard InChI is InChI=1S/C30H38ClN5O2/c1-23-28(33-30(38-23)26-7-9-27(31)10-8-26)22-35-14-11-25(12-15-35)29(37)32-13-16-34-17-19-36(20-18-34)21-24-5-3-2-4-6-24/h2-10,25H,11-22H2,1H3,(H,32,37). The lowest BCUT2D eigenvalue weighted by Gasteiger charge is -2.35. The quantitative estimate of drug-likeness (QED) is 0.437. The minimum atomic E-state index is 0.0944. The molecule has 2 fully saturated rings. The van der Waals surface area contributed by atoms with Crippen LogP contribution in [0.5, 0.6) is 0 Å².